The SMILES string of the molecule is Cc1cnnc(NCCc2csc(C)n2)c1. The highest BCUT2D eigenvalue weighted by Gasteiger charge is 1.99. The standard InChI is InChI=1S/C11H14N4S/c1-8-5-11(15-13-6-8)12-4-3-10-7-16-9(2)14-10/h5-7H,3-4H2,1-2H3,(H,12,15). The van der Waals surface area contributed by atoms with Crippen LogP contribution in [0.3, 0.4) is 0 Å². The van der Waals surface area contributed by atoms with Gasteiger partial charge in [0, 0.05) is 18.3 Å². The molecule has 0 aliphatic carbocycles. The molecule has 0 unspecified atom stereocenters. The number of rotatable bonds is 4. The van der Waals surface area contributed by atoms with Crippen LogP contribution in [0.4, 0.5) is 5.82 Å². The molecule has 16 heavy (non-hydrogen) atoms. The van der Waals surface area contributed by atoms with E-state index in [-0.39, 0.29) is 0 Å². The van der Waals surface area contributed by atoms with Gasteiger partial charge in [0.25, 0.3) is 0 Å². The summed E-state index contributed by atoms with van der Waals surface area (Å²) >= 11 is 1.69. The molecule has 0 saturated heterocycles. The van der Waals surface area contributed by atoms with Crippen molar-refractivity contribution in [2.75, 3.05) is 11.9 Å². The minimum absolute atomic E-state index is 0.826. The Morgan fingerprint density at radius 3 is 2.94 bits per heavy atom. The number of hydrogen-bond acceptors (Lipinski definition) is 5. The quantitative estimate of drug-likeness (QED) is 0.881. The van der Waals surface area contributed by atoms with Crippen LogP contribution in [0.2, 0.25) is 0 Å². The number of nitrogens with zero attached hydrogens (tertiary/aromatic N) is 3. The van der Waals surface area contributed by atoms with Gasteiger partial charge in [-0.1, -0.05) is 0 Å². The molecule has 0 radical (unpaired) electrons. The van der Waals surface area contributed by atoms with Crippen LogP contribution >= 0.6 is 11.3 Å². The van der Waals surface area contributed by atoms with E-state index in [1.807, 2.05) is 19.9 Å². The van der Waals surface area contributed by atoms with Gasteiger partial charge in [0.2, 0.25) is 0 Å². The van der Waals surface area contributed by atoms with Gasteiger partial charge in [-0.05, 0) is 25.5 Å². The number of thiazole rings is 1. The topological polar surface area (TPSA) is 50.7 Å². The molecule has 0 amide bonds. The number of anilines is 1. The Morgan fingerprint density at radius 1 is 1.38 bits per heavy atom. The normalized spacial score (nSPS) is 10.4. The molecule has 1 N–H and O–H groups in total. The average Bonchev–Trinajstić information content (AvgIpc) is 2.64. The van der Waals surface area contributed by atoms with Crippen LogP contribution in [0.1, 0.15) is 16.3 Å². The van der Waals surface area contributed by atoms with Gasteiger partial charge >= 0.3 is 0 Å². The molecule has 2 rings (SSSR count). The van der Waals surface area contributed by atoms with E-state index in [1.54, 1.807) is 17.5 Å². The molecule has 0 bridgehead atoms. The Labute approximate surface area is 98.8 Å². The highest BCUT2D eigenvalue weighted by Crippen LogP contribution is 2.09. The summed E-state index contributed by atoms with van der Waals surface area (Å²) in [6.45, 7) is 4.86. The van der Waals surface area contributed by atoms with Crippen molar-refractivity contribution in [3.63, 3.8) is 0 Å². The van der Waals surface area contributed by atoms with Gasteiger partial charge in [-0.2, -0.15) is 5.10 Å². The van der Waals surface area contributed by atoms with E-state index in [9.17, 15) is 0 Å². The van der Waals surface area contributed by atoms with Crippen LogP contribution in [0.25, 0.3) is 0 Å². The second-order valence-electron chi connectivity index (χ2n) is 3.65. The zero-order valence-corrected chi connectivity index (χ0v) is 10.2. The van der Waals surface area contributed by atoms with Gasteiger partial charge in [0.1, 0.15) is 5.82 Å². The minimum atomic E-state index is 0.826. The molecule has 2 heterocycles. The number of aromatic nitrogens is 3. The van der Waals surface area contributed by atoms with Crippen molar-refractivity contribution < 1.29 is 0 Å². The molecule has 0 spiro atoms. The van der Waals surface area contributed by atoms with Gasteiger partial charge in [-0.3, -0.25) is 0 Å². The fraction of sp³-hybridized carbons (Fsp3) is 0.364. The first-order valence-electron chi connectivity index (χ1n) is 5.18. The molecular formula is C11H14N4S. The third-order valence-electron chi connectivity index (χ3n) is 2.15. The summed E-state index contributed by atoms with van der Waals surface area (Å²) in [6, 6.07) is 1.99. The molecule has 5 heteroatoms. The molecule has 0 fully saturated rings. The van der Waals surface area contributed by atoms with Gasteiger partial charge in [-0.15, -0.1) is 16.4 Å². The van der Waals surface area contributed by atoms with Crippen molar-refractivity contribution >= 4 is 17.2 Å². The van der Waals surface area contributed by atoms with Crippen LogP contribution in [0.15, 0.2) is 17.6 Å². The Hall–Kier alpha value is -1.49. The van der Waals surface area contributed by atoms with Crippen LogP contribution < -0.4 is 5.32 Å². The molecule has 2 aromatic heterocycles. The summed E-state index contributed by atoms with van der Waals surface area (Å²) in [6.07, 6.45) is 2.66. The lowest BCUT2D eigenvalue weighted by molar-refractivity contribution is 0.936. The molecule has 0 saturated carbocycles. The maximum Gasteiger partial charge on any atom is 0.148 e. The predicted octanol–water partition coefficient (Wildman–Crippen LogP) is 2.20. The third kappa shape index (κ3) is 3.00. The van der Waals surface area contributed by atoms with Crippen LogP contribution in [-0.2, 0) is 6.42 Å². The summed E-state index contributed by atoms with van der Waals surface area (Å²) in [4.78, 5) is 4.40. The second-order valence-corrected chi connectivity index (χ2v) is 4.72. The maximum absolute atomic E-state index is 4.40. The largest absolute Gasteiger partial charge is 0.368 e. The molecular weight excluding hydrogens is 220 g/mol. The summed E-state index contributed by atoms with van der Waals surface area (Å²) in [5, 5.41) is 14.3. The minimum Gasteiger partial charge on any atom is -0.368 e. The number of nitrogens with one attached hydrogen (secondary N) is 1. The molecule has 0 aliphatic heterocycles. The Morgan fingerprint density at radius 2 is 2.25 bits per heavy atom. The molecule has 2 aromatic rings. The first kappa shape index (κ1) is 11.0. The van der Waals surface area contributed by atoms with Gasteiger partial charge < -0.3 is 5.32 Å². The fourth-order valence-corrected chi connectivity index (χ4v) is 2.04. The molecule has 0 aromatic carbocycles. The highest BCUT2D eigenvalue weighted by atomic mass is 32.1. The lowest BCUT2D eigenvalue weighted by Crippen LogP contribution is -2.07. The van der Waals surface area contributed by atoms with Crippen LogP contribution in [0, 0.1) is 13.8 Å². The van der Waals surface area contributed by atoms with Crippen LogP contribution in [-0.4, -0.2) is 21.7 Å². The van der Waals surface area contributed by atoms with E-state index >= 15 is 0 Å². The lowest BCUT2D eigenvalue weighted by atomic mass is 10.3. The Balaban J connectivity index is 1.84. The monoisotopic (exact) mass is 234 g/mol. The van der Waals surface area contributed by atoms with E-state index in [0.29, 0.717) is 0 Å². The zero-order chi connectivity index (χ0) is 11.4. The van der Waals surface area contributed by atoms with E-state index in [0.717, 1.165) is 35.0 Å². The Kier molecular flexibility index (Phi) is 3.46. The number of aryl methyl sites for hydroxylation is 2. The molecule has 84 valence electrons. The van der Waals surface area contributed by atoms with Crippen molar-refractivity contribution in [3.05, 3.63) is 33.9 Å². The summed E-state index contributed by atoms with van der Waals surface area (Å²) in [5.41, 5.74) is 2.25. The zero-order valence-electron chi connectivity index (χ0n) is 9.40. The highest BCUT2D eigenvalue weighted by molar-refractivity contribution is 7.09. The van der Waals surface area contributed by atoms with E-state index in [2.05, 4.69) is 25.9 Å². The van der Waals surface area contributed by atoms with E-state index < -0.39 is 0 Å². The van der Waals surface area contributed by atoms with Gasteiger partial charge in [-0.25, -0.2) is 4.98 Å². The maximum atomic E-state index is 4.40. The van der Waals surface area contributed by atoms with Crippen molar-refractivity contribution in [1.29, 1.82) is 0 Å². The first-order valence-corrected chi connectivity index (χ1v) is 6.06. The van der Waals surface area contributed by atoms with Crippen LogP contribution in [0.5, 0.6) is 0 Å². The van der Waals surface area contributed by atoms with Gasteiger partial charge in [0.15, 0.2) is 0 Å². The third-order valence-corrected chi connectivity index (χ3v) is 2.97. The first-order chi connectivity index (χ1) is 7.74. The molecule has 0 atom stereocenters. The lowest BCUT2D eigenvalue weighted by Gasteiger charge is -2.03. The van der Waals surface area contributed by atoms with Crippen molar-refractivity contribution in [1.82, 2.24) is 15.2 Å². The van der Waals surface area contributed by atoms with Crippen molar-refractivity contribution in [2.24, 2.45) is 0 Å². The molecule has 0 aliphatic rings. The summed E-state index contributed by atoms with van der Waals surface area (Å²) in [5.74, 6) is 0.826. The number of hydrogen-bond donors (Lipinski definition) is 1. The average molecular weight is 234 g/mol. The smallest absolute Gasteiger partial charge is 0.148 e. The van der Waals surface area contributed by atoms with Crippen molar-refractivity contribution in [3.8, 4) is 0 Å². The van der Waals surface area contributed by atoms with E-state index in [1.165, 1.54) is 0 Å². The fourth-order valence-electron chi connectivity index (χ4n) is 1.39. The second kappa shape index (κ2) is 5.03. The summed E-state index contributed by atoms with van der Waals surface area (Å²) < 4.78 is 0. The predicted molar refractivity (Wildman–Crippen MR) is 65.8 cm³/mol. The van der Waals surface area contributed by atoms with E-state index in [4.69, 9.17) is 0 Å². The summed E-state index contributed by atoms with van der Waals surface area (Å²) in [7, 11) is 0. The molecule has 4 nitrogen and oxygen atoms in total. The van der Waals surface area contributed by atoms with Crippen molar-refractivity contribution in [2.45, 2.75) is 20.3 Å². The Bertz CT molecular complexity index is 467. The van der Waals surface area contributed by atoms with Gasteiger partial charge in [0.05, 0.1) is 16.9 Å².